The molecule has 0 amide bonds. The van der Waals surface area contributed by atoms with Gasteiger partial charge in [0.05, 0.1) is 0 Å². The van der Waals surface area contributed by atoms with Crippen LogP contribution in [0.3, 0.4) is 0 Å². The summed E-state index contributed by atoms with van der Waals surface area (Å²) >= 11 is 0. The molecule has 2 rings (SSSR count). The van der Waals surface area contributed by atoms with Crippen LogP contribution < -0.4 is 5.73 Å². The fraction of sp³-hybridized carbons (Fsp3) is 0.625. The average molecular weight is 231 g/mol. The van der Waals surface area contributed by atoms with Gasteiger partial charge in [-0.3, -0.25) is 0 Å². The van der Waals surface area contributed by atoms with Gasteiger partial charge >= 0.3 is 0 Å². The Kier molecular flexibility index (Phi) is 4.22. The number of benzene rings is 1. The van der Waals surface area contributed by atoms with Gasteiger partial charge in [-0.25, -0.2) is 0 Å². The van der Waals surface area contributed by atoms with Crippen LogP contribution in [0.4, 0.5) is 0 Å². The predicted octanol–water partition coefficient (Wildman–Crippen LogP) is 3.75. The summed E-state index contributed by atoms with van der Waals surface area (Å²) in [6, 6.07) is 7.07. The Morgan fingerprint density at radius 1 is 1.18 bits per heavy atom. The van der Waals surface area contributed by atoms with Gasteiger partial charge in [0.25, 0.3) is 0 Å². The molecule has 94 valence electrons. The Hall–Kier alpha value is -0.820. The smallest absolute Gasteiger partial charge is 0.0108 e. The van der Waals surface area contributed by atoms with Crippen molar-refractivity contribution < 1.29 is 0 Å². The Balaban J connectivity index is 2.01. The fourth-order valence-electron chi connectivity index (χ4n) is 3.00. The minimum atomic E-state index is 0.357. The molecule has 1 saturated carbocycles. The summed E-state index contributed by atoms with van der Waals surface area (Å²) in [5, 5.41) is 0. The number of hydrogen-bond donors (Lipinski definition) is 1. The van der Waals surface area contributed by atoms with E-state index in [0.29, 0.717) is 6.04 Å². The molecule has 2 N–H and O–H groups in total. The lowest BCUT2D eigenvalue weighted by Crippen LogP contribution is -2.33. The van der Waals surface area contributed by atoms with Crippen LogP contribution in [-0.4, -0.2) is 6.04 Å². The van der Waals surface area contributed by atoms with Crippen LogP contribution in [0.15, 0.2) is 18.2 Å². The van der Waals surface area contributed by atoms with Crippen molar-refractivity contribution in [1.82, 2.24) is 0 Å². The van der Waals surface area contributed by atoms with Crippen molar-refractivity contribution in [2.24, 2.45) is 11.7 Å². The summed E-state index contributed by atoms with van der Waals surface area (Å²) < 4.78 is 0. The zero-order valence-electron chi connectivity index (χ0n) is 11.2. The summed E-state index contributed by atoms with van der Waals surface area (Å²) in [4.78, 5) is 0. The highest BCUT2D eigenvalue weighted by molar-refractivity contribution is 5.31. The summed E-state index contributed by atoms with van der Waals surface area (Å²) in [6.07, 6.45) is 7.90. The van der Waals surface area contributed by atoms with Crippen LogP contribution in [-0.2, 0) is 6.42 Å². The zero-order chi connectivity index (χ0) is 12.3. The third-order valence-electron chi connectivity index (χ3n) is 4.22. The van der Waals surface area contributed by atoms with Crippen molar-refractivity contribution in [2.45, 2.75) is 58.4 Å². The van der Waals surface area contributed by atoms with E-state index < -0.39 is 0 Å². The summed E-state index contributed by atoms with van der Waals surface area (Å²) in [7, 11) is 0. The highest BCUT2D eigenvalue weighted by Crippen LogP contribution is 2.27. The molecule has 1 aliphatic rings. The molecule has 1 heteroatoms. The van der Waals surface area contributed by atoms with Gasteiger partial charge < -0.3 is 5.73 Å². The van der Waals surface area contributed by atoms with Gasteiger partial charge in [-0.15, -0.1) is 0 Å². The van der Waals surface area contributed by atoms with Gasteiger partial charge in [-0.1, -0.05) is 43.0 Å². The van der Waals surface area contributed by atoms with Gasteiger partial charge in [-0.05, 0) is 50.2 Å². The first-order valence-corrected chi connectivity index (χ1v) is 6.98. The molecule has 0 aliphatic heterocycles. The monoisotopic (exact) mass is 231 g/mol. The second-order valence-electron chi connectivity index (χ2n) is 5.70. The standard InChI is InChI=1S/C16H25N/c1-12-8-9-13(2)15(10-12)11-16(17)14-6-4-3-5-7-14/h8-10,14,16H,3-7,11,17H2,1-2H3. The van der Waals surface area contributed by atoms with Crippen molar-refractivity contribution in [3.63, 3.8) is 0 Å². The minimum absolute atomic E-state index is 0.357. The Bertz CT molecular complexity index is 364. The van der Waals surface area contributed by atoms with Crippen molar-refractivity contribution in [3.8, 4) is 0 Å². The van der Waals surface area contributed by atoms with E-state index in [2.05, 4.69) is 32.0 Å². The topological polar surface area (TPSA) is 26.0 Å². The van der Waals surface area contributed by atoms with E-state index in [1.54, 1.807) is 0 Å². The molecule has 0 aromatic heterocycles. The molecule has 0 saturated heterocycles. The molecule has 1 aromatic carbocycles. The summed E-state index contributed by atoms with van der Waals surface area (Å²) in [5.41, 5.74) is 10.6. The van der Waals surface area contributed by atoms with E-state index in [9.17, 15) is 0 Å². The lowest BCUT2D eigenvalue weighted by molar-refractivity contribution is 0.303. The maximum atomic E-state index is 6.40. The van der Waals surface area contributed by atoms with Crippen molar-refractivity contribution in [1.29, 1.82) is 0 Å². The molecule has 17 heavy (non-hydrogen) atoms. The van der Waals surface area contributed by atoms with Gasteiger partial charge in [-0.2, -0.15) is 0 Å². The first kappa shape index (κ1) is 12.6. The number of hydrogen-bond acceptors (Lipinski definition) is 1. The molecule has 1 atom stereocenters. The SMILES string of the molecule is Cc1ccc(C)c(CC(N)C2CCCCC2)c1. The number of rotatable bonds is 3. The second-order valence-corrected chi connectivity index (χ2v) is 5.70. The van der Waals surface area contributed by atoms with E-state index >= 15 is 0 Å². The Morgan fingerprint density at radius 2 is 1.88 bits per heavy atom. The van der Waals surface area contributed by atoms with E-state index in [-0.39, 0.29) is 0 Å². The van der Waals surface area contributed by atoms with E-state index in [1.807, 2.05) is 0 Å². The molecule has 1 unspecified atom stereocenters. The summed E-state index contributed by atoms with van der Waals surface area (Å²) in [6.45, 7) is 4.36. The second kappa shape index (κ2) is 5.68. The molecular formula is C16H25N. The molecule has 1 fully saturated rings. The lowest BCUT2D eigenvalue weighted by atomic mass is 9.81. The number of aryl methyl sites for hydroxylation is 2. The molecular weight excluding hydrogens is 206 g/mol. The van der Waals surface area contributed by atoms with Crippen molar-refractivity contribution >= 4 is 0 Å². The van der Waals surface area contributed by atoms with Gasteiger partial charge in [0, 0.05) is 6.04 Å². The van der Waals surface area contributed by atoms with Crippen LogP contribution in [0.2, 0.25) is 0 Å². The largest absolute Gasteiger partial charge is 0.327 e. The number of nitrogens with two attached hydrogens (primary N) is 1. The average Bonchev–Trinajstić information content (AvgIpc) is 2.35. The third-order valence-corrected chi connectivity index (χ3v) is 4.22. The zero-order valence-corrected chi connectivity index (χ0v) is 11.2. The van der Waals surface area contributed by atoms with Crippen LogP contribution in [0.1, 0.15) is 48.8 Å². The van der Waals surface area contributed by atoms with Crippen molar-refractivity contribution in [3.05, 3.63) is 34.9 Å². The van der Waals surface area contributed by atoms with Crippen LogP contribution in [0, 0.1) is 19.8 Å². The molecule has 1 aromatic rings. The molecule has 1 nitrogen and oxygen atoms in total. The quantitative estimate of drug-likeness (QED) is 0.842. The highest BCUT2D eigenvalue weighted by Gasteiger charge is 2.21. The first-order valence-electron chi connectivity index (χ1n) is 6.98. The van der Waals surface area contributed by atoms with Gasteiger partial charge in [0.15, 0.2) is 0 Å². The van der Waals surface area contributed by atoms with Gasteiger partial charge in [0.2, 0.25) is 0 Å². The molecule has 1 aliphatic carbocycles. The van der Waals surface area contributed by atoms with Crippen LogP contribution >= 0.6 is 0 Å². The molecule has 0 bridgehead atoms. The normalized spacial score (nSPS) is 19.2. The highest BCUT2D eigenvalue weighted by atomic mass is 14.6. The maximum Gasteiger partial charge on any atom is 0.0108 e. The van der Waals surface area contributed by atoms with E-state index in [4.69, 9.17) is 5.73 Å². The molecule has 0 spiro atoms. The maximum absolute atomic E-state index is 6.40. The van der Waals surface area contributed by atoms with Gasteiger partial charge in [0.1, 0.15) is 0 Å². The fourth-order valence-corrected chi connectivity index (χ4v) is 3.00. The van der Waals surface area contributed by atoms with E-state index in [1.165, 1.54) is 48.8 Å². The summed E-state index contributed by atoms with van der Waals surface area (Å²) in [5.74, 6) is 0.753. The van der Waals surface area contributed by atoms with Crippen LogP contribution in [0.25, 0.3) is 0 Å². The Labute approximate surface area is 105 Å². The Morgan fingerprint density at radius 3 is 2.59 bits per heavy atom. The van der Waals surface area contributed by atoms with E-state index in [0.717, 1.165) is 12.3 Å². The lowest BCUT2D eigenvalue weighted by Gasteiger charge is -2.28. The van der Waals surface area contributed by atoms with Crippen LogP contribution in [0.5, 0.6) is 0 Å². The first-order chi connectivity index (χ1) is 8.16. The predicted molar refractivity (Wildman–Crippen MR) is 74.2 cm³/mol. The minimum Gasteiger partial charge on any atom is -0.327 e. The molecule has 0 radical (unpaired) electrons. The molecule has 0 heterocycles. The third kappa shape index (κ3) is 3.32. The van der Waals surface area contributed by atoms with Crippen molar-refractivity contribution in [2.75, 3.05) is 0 Å².